The van der Waals surface area contributed by atoms with Gasteiger partial charge in [0.05, 0.1) is 13.7 Å². The molecule has 1 aromatic heterocycles. The first kappa shape index (κ1) is 21.2. The molecule has 29 heavy (non-hydrogen) atoms. The van der Waals surface area contributed by atoms with Gasteiger partial charge in [-0.25, -0.2) is 0 Å². The largest absolute Gasteiger partial charge is 0.497 e. The van der Waals surface area contributed by atoms with Crippen LogP contribution in [0.5, 0.6) is 5.75 Å². The molecule has 1 fully saturated rings. The molecule has 1 aromatic carbocycles. The van der Waals surface area contributed by atoms with Crippen molar-refractivity contribution in [2.45, 2.75) is 39.3 Å². The maximum absolute atomic E-state index is 12.4. The predicted octanol–water partition coefficient (Wildman–Crippen LogP) is 2.54. The third-order valence-corrected chi connectivity index (χ3v) is 5.73. The SMILES string of the molecule is COc1ccc(NC(=O)c2nnc(CN3CCC(NC(=O)C(C)C)CC3)s2)cc1. The van der Waals surface area contributed by atoms with Crippen molar-refractivity contribution >= 4 is 28.8 Å². The van der Waals surface area contributed by atoms with Crippen LogP contribution in [0.25, 0.3) is 0 Å². The van der Waals surface area contributed by atoms with Crippen molar-refractivity contribution in [1.29, 1.82) is 0 Å². The van der Waals surface area contributed by atoms with Crippen LogP contribution in [0.4, 0.5) is 5.69 Å². The molecule has 1 aliphatic rings. The first-order valence-corrected chi connectivity index (χ1v) is 10.6. The molecular weight excluding hydrogens is 390 g/mol. The number of piperidine rings is 1. The van der Waals surface area contributed by atoms with Crippen molar-refractivity contribution in [2.75, 3.05) is 25.5 Å². The molecule has 8 nitrogen and oxygen atoms in total. The van der Waals surface area contributed by atoms with E-state index < -0.39 is 0 Å². The van der Waals surface area contributed by atoms with E-state index in [0.717, 1.165) is 36.7 Å². The fourth-order valence-corrected chi connectivity index (χ4v) is 3.84. The number of nitrogens with zero attached hydrogens (tertiary/aromatic N) is 3. The van der Waals surface area contributed by atoms with E-state index in [-0.39, 0.29) is 23.8 Å². The summed E-state index contributed by atoms with van der Waals surface area (Å²) in [5.74, 6) is 0.583. The number of rotatable bonds is 7. The van der Waals surface area contributed by atoms with Crippen molar-refractivity contribution in [2.24, 2.45) is 5.92 Å². The molecule has 0 saturated carbocycles. The van der Waals surface area contributed by atoms with Crippen LogP contribution in [0.2, 0.25) is 0 Å². The second-order valence-corrected chi connectivity index (χ2v) is 8.46. The smallest absolute Gasteiger partial charge is 0.286 e. The zero-order valence-electron chi connectivity index (χ0n) is 17.0. The van der Waals surface area contributed by atoms with Gasteiger partial charge in [-0.1, -0.05) is 25.2 Å². The fraction of sp³-hybridized carbons (Fsp3) is 0.500. The van der Waals surface area contributed by atoms with Crippen molar-refractivity contribution in [3.05, 3.63) is 34.3 Å². The molecule has 2 heterocycles. The Kier molecular flexibility index (Phi) is 7.16. The van der Waals surface area contributed by atoms with Crippen LogP contribution in [-0.4, -0.2) is 53.2 Å². The van der Waals surface area contributed by atoms with Gasteiger partial charge < -0.3 is 15.4 Å². The van der Waals surface area contributed by atoms with Crippen molar-refractivity contribution in [1.82, 2.24) is 20.4 Å². The summed E-state index contributed by atoms with van der Waals surface area (Å²) in [4.78, 5) is 26.5. The van der Waals surface area contributed by atoms with Gasteiger partial charge in [0.15, 0.2) is 0 Å². The Hall–Kier alpha value is -2.52. The van der Waals surface area contributed by atoms with Crippen LogP contribution in [0.3, 0.4) is 0 Å². The van der Waals surface area contributed by atoms with Gasteiger partial charge in [0.2, 0.25) is 10.9 Å². The third kappa shape index (κ3) is 5.98. The van der Waals surface area contributed by atoms with Crippen LogP contribution in [0, 0.1) is 5.92 Å². The van der Waals surface area contributed by atoms with E-state index in [2.05, 4.69) is 25.7 Å². The first-order valence-electron chi connectivity index (χ1n) is 9.75. The number of carbonyl (C=O) groups excluding carboxylic acids is 2. The Morgan fingerprint density at radius 2 is 1.90 bits per heavy atom. The molecule has 0 unspecified atom stereocenters. The van der Waals surface area contributed by atoms with E-state index in [4.69, 9.17) is 4.74 Å². The molecule has 1 aliphatic heterocycles. The van der Waals surface area contributed by atoms with Gasteiger partial charge in [0, 0.05) is 30.7 Å². The lowest BCUT2D eigenvalue weighted by Crippen LogP contribution is -2.45. The number of anilines is 1. The number of hydrogen-bond donors (Lipinski definition) is 2. The maximum Gasteiger partial charge on any atom is 0.286 e. The summed E-state index contributed by atoms with van der Waals surface area (Å²) < 4.78 is 5.11. The number of likely N-dealkylation sites (tertiary alicyclic amines) is 1. The highest BCUT2D eigenvalue weighted by atomic mass is 32.1. The quantitative estimate of drug-likeness (QED) is 0.719. The minimum Gasteiger partial charge on any atom is -0.497 e. The molecule has 3 rings (SSSR count). The first-order chi connectivity index (χ1) is 13.9. The maximum atomic E-state index is 12.4. The highest BCUT2D eigenvalue weighted by Crippen LogP contribution is 2.19. The van der Waals surface area contributed by atoms with E-state index in [1.165, 1.54) is 11.3 Å². The second-order valence-electron chi connectivity index (χ2n) is 7.40. The van der Waals surface area contributed by atoms with Crippen LogP contribution in [0.15, 0.2) is 24.3 Å². The van der Waals surface area contributed by atoms with Crippen molar-refractivity contribution in [3.8, 4) is 5.75 Å². The average Bonchev–Trinajstić information content (AvgIpc) is 3.18. The van der Waals surface area contributed by atoms with Gasteiger partial charge in [-0.2, -0.15) is 0 Å². The normalized spacial score (nSPS) is 15.3. The van der Waals surface area contributed by atoms with Gasteiger partial charge >= 0.3 is 0 Å². The van der Waals surface area contributed by atoms with Gasteiger partial charge in [-0.15, -0.1) is 10.2 Å². The molecule has 0 spiro atoms. The van der Waals surface area contributed by atoms with E-state index in [0.29, 0.717) is 17.2 Å². The lowest BCUT2D eigenvalue weighted by atomic mass is 10.0. The number of aromatic nitrogens is 2. The zero-order chi connectivity index (χ0) is 20.8. The standard InChI is InChI=1S/C20H27N5O3S/c1-13(2)18(26)21-15-8-10-25(11-9-15)12-17-23-24-20(29-17)19(27)22-14-4-6-16(28-3)7-5-14/h4-7,13,15H,8-12H2,1-3H3,(H,21,26)(H,22,27). The minimum atomic E-state index is -0.269. The topological polar surface area (TPSA) is 96.4 Å². The van der Waals surface area contributed by atoms with Gasteiger partial charge in [-0.3, -0.25) is 14.5 Å². The van der Waals surface area contributed by atoms with Gasteiger partial charge in [0.1, 0.15) is 10.8 Å². The summed E-state index contributed by atoms with van der Waals surface area (Å²) in [6, 6.07) is 7.37. The van der Waals surface area contributed by atoms with E-state index in [1.54, 1.807) is 31.4 Å². The van der Waals surface area contributed by atoms with Crippen LogP contribution < -0.4 is 15.4 Å². The van der Waals surface area contributed by atoms with E-state index in [1.807, 2.05) is 13.8 Å². The van der Waals surface area contributed by atoms with Crippen LogP contribution >= 0.6 is 11.3 Å². The summed E-state index contributed by atoms with van der Waals surface area (Å²) >= 11 is 1.31. The summed E-state index contributed by atoms with van der Waals surface area (Å²) in [7, 11) is 1.60. The monoisotopic (exact) mass is 417 g/mol. The molecule has 0 atom stereocenters. The molecule has 9 heteroatoms. The summed E-state index contributed by atoms with van der Waals surface area (Å²) in [5, 5.41) is 15.3. The Morgan fingerprint density at radius 3 is 2.52 bits per heavy atom. The van der Waals surface area contributed by atoms with Crippen LogP contribution in [-0.2, 0) is 11.3 Å². The van der Waals surface area contributed by atoms with Crippen molar-refractivity contribution < 1.29 is 14.3 Å². The number of benzene rings is 1. The highest BCUT2D eigenvalue weighted by Gasteiger charge is 2.23. The Balaban J connectivity index is 1.47. The Labute approximate surface area is 174 Å². The molecule has 0 aliphatic carbocycles. The number of hydrogen-bond acceptors (Lipinski definition) is 7. The average molecular weight is 418 g/mol. The third-order valence-electron chi connectivity index (χ3n) is 4.83. The molecule has 2 aromatic rings. The zero-order valence-corrected chi connectivity index (χ0v) is 17.8. The molecule has 0 radical (unpaired) electrons. The molecule has 2 N–H and O–H groups in total. The molecule has 1 saturated heterocycles. The lowest BCUT2D eigenvalue weighted by molar-refractivity contribution is -0.125. The van der Waals surface area contributed by atoms with Gasteiger partial charge in [0.25, 0.3) is 5.91 Å². The number of ether oxygens (including phenoxy) is 1. The van der Waals surface area contributed by atoms with Gasteiger partial charge in [-0.05, 0) is 37.1 Å². The molecule has 0 bridgehead atoms. The van der Waals surface area contributed by atoms with E-state index >= 15 is 0 Å². The summed E-state index contributed by atoms with van der Waals surface area (Å²) in [5.41, 5.74) is 0.679. The minimum absolute atomic E-state index is 0.0110. The molecule has 2 amide bonds. The highest BCUT2D eigenvalue weighted by molar-refractivity contribution is 7.13. The number of methoxy groups -OCH3 is 1. The fourth-order valence-electron chi connectivity index (χ4n) is 3.06. The second kappa shape index (κ2) is 9.80. The molecule has 156 valence electrons. The Morgan fingerprint density at radius 1 is 1.21 bits per heavy atom. The lowest BCUT2D eigenvalue weighted by Gasteiger charge is -2.32. The summed E-state index contributed by atoms with van der Waals surface area (Å²) in [6.07, 6.45) is 1.84. The number of nitrogens with one attached hydrogen (secondary N) is 2. The Bertz CT molecular complexity index is 829. The number of carbonyl (C=O) groups is 2. The summed E-state index contributed by atoms with van der Waals surface area (Å²) in [6.45, 7) is 6.24. The molecular formula is C20H27N5O3S. The predicted molar refractivity (Wildman–Crippen MR) is 112 cm³/mol. The van der Waals surface area contributed by atoms with Crippen molar-refractivity contribution in [3.63, 3.8) is 0 Å². The van der Waals surface area contributed by atoms with E-state index in [9.17, 15) is 9.59 Å². The van der Waals surface area contributed by atoms with Crippen LogP contribution in [0.1, 0.15) is 41.5 Å². The number of amides is 2.